The molecule has 0 amide bonds. The largest absolute Gasteiger partial charge is 0.508 e. The van der Waals surface area contributed by atoms with E-state index in [4.69, 9.17) is 19.9 Å². The second-order valence-corrected chi connectivity index (χ2v) is 10.4. The fourth-order valence-corrected chi connectivity index (χ4v) is 4.49. The lowest BCUT2D eigenvalue weighted by atomic mass is 9.93. The van der Waals surface area contributed by atoms with Gasteiger partial charge in [-0.2, -0.15) is 0 Å². The number of ether oxygens (including phenoxy) is 3. The molecule has 0 radical (unpaired) electrons. The first kappa shape index (κ1) is 32.9. The summed E-state index contributed by atoms with van der Waals surface area (Å²) in [6.07, 6.45) is -0.198. The number of carbonyl (C=O) groups excluding carboxylic acids is 2. The van der Waals surface area contributed by atoms with Crippen LogP contribution in [0.2, 0.25) is 0 Å². The Balaban J connectivity index is 0.000000288. The molecule has 46 heavy (non-hydrogen) atoms. The van der Waals surface area contributed by atoms with Gasteiger partial charge in [0.25, 0.3) is 0 Å². The molecule has 1 heterocycles. The number of hydrogen-bond donors (Lipinski definition) is 8. The van der Waals surface area contributed by atoms with Crippen LogP contribution in [0, 0.1) is 0 Å². The number of phenols is 7. The summed E-state index contributed by atoms with van der Waals surface area (Å²) in [5.41, 5.74) is 7.02. The van der Waals surface area contributed by atoms with Crippen molar-refractivity contribution in [1.82, 2.24) is 0 Å². The maximum atomic E-state index is 12.7. The molecule has 0 saturated carbocycles. The SMILES string of the molecule is CCCCOC(=O)c1ccc(N)cc1.O=C(OC1Cc2c(O)cc(O)cc2OC1c1ccc(O)c(O)c1)c1cc(O)c(O)c(O)c1. The lowest BCUT2D eigenvalue weighted by molar-refractivity contribution is -0.0189. The molecule has 0 saturated heterocycles. The summed E-state index contributed by atoms with van der Waals surface area (Å²) in [6, 6.07) is 14.8. The van der Waals surface area contributed by atoms with Crippen LogP contribution < -0.4 is 10.5 Å². The quantitative estimate of drug-likeness (QED) is 0.0594. The second kappa shape index (κ2) is 14.2. The van der Waals surface area contributed by atoms with Gasteiger partial charge in [-0.25, -0.2) is 9.59 Å². The third-order valence-corrected chi connectivity index (χ3v) is 6.94. The number of rotatable bonds is 7. The van der Waals surface area contributed by atoms with E-state index < -0.39 is 41.2 Å². The van der Waals surface area contributed by atoms with Crippen LogP contribution in [0.5, 0.6) is 46.0 Å². The van der Waals surface area contributed by atoms with Crippen LogP contribution in [0.1, 0.15) is 57.7 Å². The highest BCUT2D eigenvalue weighted by atomic mass is 16.6. The van der Waals surface area contributed by atoms with Gasteiger partial charge in [-0.3, -0.25) is 0 Å². The molecule has 2 unspecified atom stereocenters. The van der Waals surface area contributed by atoms with Crippen molar-refractivity contribution in [2.75, 3.05) is 12.3 Å². The van der Waals surface area contributed by atoms with Crippen LogP contribution in [0.4, 0.5) is 5.69 Å². The normalized spacial score (nSPS) is 15.0. The number of aromatic hydroxyl groups is 7. The number of hydrogen-bond acceptors (Lipinski definition) is 13. The van der Waals surface area contributed by atoms with E-state index in [0.717, 1.165) is 31.0 Å². The third-order valence-electron chi connectivity index (χ3n) is 6.94. The minimum atomic E-state index is -1.06. The Morgan fingerprint density at radius 1 is 0.783 bits per heavy atom. The smallest absolute Gasteiger partial charge is 0.338 e. The fourth-order valence-electron chi connectivity index (χ4n) is 4.49. The predicted molar refractivity (Wildman–Crippen MR) is 163 cm³/mol. The molecule has 9 N–H and O–H groups in total. The Bertz CT molecular complexity index is 1700. The molecular weight excluding hydrogens is 602 g/mol. The first-order valence-corrected chi connectivity index (χ1v) is 14.1. The summed E-state index contributed by atoms with van der Waals surface area (Å²) >= 11 is 0. The summed E-state index contributed by atoms with van der Waals surface area (Å²) in [4.78, 5) is 24.1. The minimum absolute atomic E-state index is 0.0461. The molecule has 0 fully saturated rings. The van der Waals surface area contributed by atoms with Gasteiger partial charge in [-0.15, -0.1) is 0 Å². The van der Waals surface area contributed by atoms with Gasteiger partial charge in [-0.1, -0.05) is 19.4 Å². The summed E-state index contributed by atoms with van der Waals surface area (Å²) in [6.45, 7) is 2.54. The van der Waals surface area contributed by atoms with Gasteiger partial charge in [-0.05, 0) is 55.0 Å². The molecule has 5 rings (SSSR count). The Hall–Kier alpha value is -5.98. The van der Waals surface area contributed by atoms with Crippen LogP contribution in [0.15, 0.2) is 66.7 Å². The van der Waals surface area contributed by atoms with Crippen molar-refractivity contribution in [2.45, 2.75) is 38.4 Å². The topological polar surface area (TPSA) is 229 Å². The summed E-state index contributed by atoms with van der Waals surface area (Å²) in [7, 11) is 0. The molecule has 1 aliphatic heterocycles. The first-order chi connectivity index (χ1) is 21.9. The van der Waals surface area contributed by atoms with E-state index in [1.807, 2.05) is 0 Å². The molecule has 242 valence electrons. The van der Waals surface area contributed by atoms with Crippen LogP contribution in [-0.2, 0) is 15.9 Å². The molecular formula is C33H33NO12. The van der Waals surface area contributed by atoms with Crippen LogP contribution in [0.25, 0.3) is 0 Å². The second-order valence-electron chi connectivity index (χ2n) is 10.4. The monoisotopic (exact) mass is 635 g/mol. The number of fused-ring (bicyclic) bond motifs is 1. The lowest BCUT2D eigenvalue weighted by Crippen LogP contribution is -2.34. The van der Waals surface area contributed by atoms with Crippen molar-refractivity contribution in [3.8, 4) is 46.0 Å². The van der Waals surface area contributed by atoms with E-state index in [1.54, 1.807) is 24.3 Å². The Labute approximate surface area is 262 Å². The van der Waals surface area contributed by atoms with E-state index in [9.17, 15) is 45.3 Å². The van der Waals surface area contributed by atoms with Gasteiger partial charge in [0, 0.05) is 35.4 Å². The van der Waals surface area contributed by atoms with Gasteiger partial charge in [0.1, 0.15) is 23.4 Å². The fraction of sp³-hybridized carbons (Fsp3) is 0.212. The number of benzene rings is 4. The van der Waals surface area contributed by atoms with Gasteiger partial charge in [0.05, 0.1) is 17.7 Å². The predicted octanol–water partition coefficient (Wildman–Crippen LogP) is 4.75. The number of nitrogen functional groups attached to an aromatic ring is 1. The number of unbranched alkanes of at least 4 members (excludes halogenated alkanes) is 1. The zero-order valence-electron chi connectivity index (χ0n) is 24.6. The Morgan fingerprint density at radius 2 is 1.46 bits per heavy atom. The van der Waals surface area contributed by atoms with Crippen molar-refractivity contribution in [1.29, 1.82) is 0 Å². The van der Waals surface area contributed by atoms with Crippen LogP contribution >= 0.6 is 0 Å². The summed E-state index contributed by atoms with van der Waals surface area (Å²) < 4.78 is 16.4. The van der Waals surface area contributed by atoms with Gasteiger partial charge in [0.15, 0.2) is 34.9 Å². The zero-order valence-corrected chi connectivity index (χ0v) is 24.6. The highest BCUT2D eigenvalue weighted by molar-refractivity contribution is 5.91. The first-order valence-electron chi connectivity index (χ1n) is 14.1. The number of phenolic OH excluding ortho intramolecular Hbond substituents is 7. The molecule has 0 bridgehead atoms. The average Bonchev–Trinajstić information content (AvgIpc) is 3.01. The van der Waals surface area contributed by atoms with Gasteiger partial charge >= 0.3 is 11.9 Å². The molecule has 0 spiro atoms. The Morgan fingerprint density at radius 3 is 2.09 bits per heavy atom. The molecule has 1 aliphatic rings. The molecule has 0 aromatic heterocycles. The number of esters is 2. The minimum Gasteiger partial charge on any atom is -0.508 e. The molecule has 13 heteroatoms. The zero-order chi connectivity index (χ0) is 33.5. The molecule has 4 aromatic carbocycles. The van der Waals surface area contributed by atoms with Crippen LogP contribution in [0.3, 0.4) is 0 Å². The highest BCUT2D eigenvalue weighted by Crippen LogP contribution is 2.44. The van der Waals surface area contributed by atoms with E-state index in [0.29, 0.717) is 23.4 Å². The number of anilines is 1. The summed E-state index contributed by atoms with van der Waals surface area (Å²) in [5.74, 6) is -4.71. The Kier molecular flexibility index (Phi) is 10.2. The maximum Gasteiger partial charge on any atom is 0.338 e. The van der Waals surface area contributed by atoms with E-state index in [1.165, 1.54) is 24.3 Å². The van der Waals surface area contributed by atoms with E-state index in [2.05, 4.69) is 6.92 Å². The number of carbonyl (C=O) groups is 2. The summed E-state index contributed by atoms with van der Waals surface area (Å²) in [5, 5.41) is 68.2. The van der Waals surface area contributed by atoms with E-state index >= 15 is 0 Å². The highest BCUT2D eigenvalue weighted by Gasteiger charge is 2.37. The van der Waals surface area contributed by atoms with Crippen molar-refractivity contribution in [3.05, 3.63) is 89.0 Å². The average molecular weight is 636 g/mol. The number of nitrogens with two attached hydrogens (primary N) is 1. The molecule has 13 nitrogen and oxygen atoms in total. The third kappa shape index (κ3) is 7.75. The standard InChI is InChI=1S/C22H18O10.C11H15NO2/c23-11-6-14(25)12-8-19(32-22(30)10-4-16(27)20(29)17(28)5-10)21(31-18(12)7-11)9-1-2-13(24)15(26)3-9;1-2-3-8-14-11(13)9-4-6-10(12)7-5-9/h1-7,19,21,23-29H,8H2;4-7H,2-3,8,12H2,1H3. The van der Waals surface area contributed by atoms with Crippen LogP contribution in [-0.4, -0.2) is 60.4 Å². The van der Waals surface area contributed by atoms with Crippen molar-refractivity contribution >= 4 is 17.6 Å². The van der Waals surface area contributed by atoms with Crippen molar-refractivity contribution in [2.24, 2.45) is 0 Å². The lowest BCUT2D eigenvalue weighted by Gasteiger charge is -2.34. The van der Waals surface area contributed by atoms with E-state index in [-0.39, 0.29) is 46.5 Å². The van der Waals surface area contributed by atoms with Crippen molar-refractivity contribution < 1.29 is 59.5 Å². The van der Waals surface area contributed by atoms with Gasteiger partial charge < -0.3 is 55.7 Å². The molecule has 2 atom stereocenters. The van der Waals surface area contributed by atoms with Crippen molar-refractivity contribution in [3.63, 3.8) is 0 Å². The molecule has 4 aromatic rings. The maximum absolute atomic E-state index is 12.7. The molecule has 0 aliphatic carbocycles. The van der Waals surface area contributed by atoms with Gasteiger partial charge in [0.2, 0.25) is 0 Å².